The maximum atomic E-state index is 13.0. The lowest BCUT2D eigenvalue weighted by atomic mass is 10.00. The number of aromatic hydroxyl groups is 2. The van der Waals surface area contributed by atoms with E-state index in [0.717, 1.165) is 6.07 Å². The van der Waals surface area contributed by atoms with Crippen LogP contribution in [0, 0.1) is 17.0 Å². The van der Waals surface area contributed by atoms with Gasteiger partial charge >= 0.3 is 0 Å². The summed E-state index contributed by atoms with van der Waals surface area (Å²) in [4.78, 5) is 27.0. The average molecular weight is 430 g/mol. The number of aromatic nitrogens is 1. The van der Waals surface area contributed by atoms with Crippen LogP contribution < -0.4 is 5.43 Å². The number of amides is 1. The quantitative estimate of drug-likeness (QED) is 0.213. The van der Waals surface area contributed by atoms with Gasteiger partial charge in [0.15, 0.2) is 0 Å². The number of aromatic amines is 1. The summed E-state index contributed by atoms with van der Waals surface area (Å²) in [6.07, 6.45) is 1.23. The van der Waals surface area contributed by atoms with Crippen molar-refractivity contribution in [3.8, 4) is 22.6 Å². The number of nitrogens with one attached hydrogen (secondary N) is 2. The minimum absolute atomic E-state index is 0.105. The Morgan fingerprint density at radius 3 is 2.56 bits per heavy atom. The second-order valence-electron chi connectivity index (χ2n) is 7.15. The first-order valence-electron chi connectivity index (χ1n) is 9.56. The molecule has 9 heteroatoms. The van der Waals surface area contributed by atoms with Gasteiger partial charge in [0.05, 0.1) is 11.1 Å². The number of aryl methyl sites for hydroxylation is 1. The summed E-state index contributed by atoms with van der Waals surface area (Å²) in [5.74, 6) is -0.919. The highest BCUT2D eigenvalue weighted by Crippen LogP contribution is 2.37. The number of hydrazone groups is 1. The van der Waals surface area contributed by atoms with Gasteiger partial charge in [-0.3, -0.25) is 14.9 Å². The van der Waals surface area contributed by atoms with E-state index in [2.05, 4.69) is 15.5 Å². The Morgan fingerprint density at radius 2 is 1.88 bits per heavy atom. The molecule has 0 fully saturated rings. The summed E-state index contributed by atoms with van der Waals surface area (Å²) >= 11 is 0. The summed E-state index contributed by atoms with van der Waals surface area (Å²) in [6, 6.07) is 16.3. The number of phenols is 2. The van der Waals surface area contributed by atoms with Crippen molar-refractivity contribution in [2.75, 3.05) is 0 Å². The largest absolute Gasteiger partial charge is 0.508 e. The monoisotopic (exact) mass is 430 g/mol. The Bertz CT molecular complexity index is 1380. The number of non-ortho nitro benzene ring substituents is 1. The van der Waals surface area contributed by atoms with Gasteiger partial charge in [-0.15, -0.1) is 0 Å². The minimum Gasteiger partial charge on any atom is -0.508 e. The van der Waals surface area contributed by atoms with Gasteiger partial charge in [0, 0.05) is 28.6 Å². The van der Waals surface area contributed by atoms with E-state index in [1.54, 1.807) is 13.0 Å². The third-order valence-electron chi connectivity index (χ3n) is 4.90. The van der Waals surface area contributed by atoms with Gasteiger partial charge in [0.2, 0.25) is 0 Å². The van der Waals surface area contributed by atoms with Crippen molar-refractivity contribution in [1.29, 1.82) is 0 Å². The van der Waals surface area contributed by atoms with E-state index in [-0.39, 0.29) is 34.0 Å². The number of phenolic OH excluding ortho intramolecular Hbond substituents is 2. The molecule has 4 N–H and O–H groups in total. The van der Waals surface area contributed by atoms with Gasteiger partial charge in [0.25, 0.3) is 11.6 Å². The molecule has 0 aliphatic rings. The standard InChI is InChI=1S/C23H18N4O5/c1-13-9-17-20(14-5-3-2-4-6-14)22(25-21(17)18(10-13)27(31)32)23(30)26-24-12-15-7-8-16(28)11-19(15)29/h2-12,25,28-29H,1H3,(H,26,30)/b24-12-. The fourth-order valence-electron chi connectivity index (χ4n) is 3.49. The van der Waals surface area contributed by atoms with Crippen molar-refractivity contribution in [1.82, 2.24) is 10.4 Å². The fraction of sp³-hybridized carbons (Fsp3) is 0.0435. The number of carbonyl (C=O) groups is 1. The Labute approximate surface area is 181 Å². The number of hydrogen-bond acceptors (Lipinski definition) is 6. The molecule has 1 aromatic heterocycles. The third kappa shape index (κ3) is 3.86. The second-order valence-corrected chi connectivity index (χ2v) is 7.15. The number of rotatable bonds is 5. The van der Waals surface area contributed by atoms with Crippen LogP contribution in [0.4, 0.5) is 5.69 Å². The Hall–Kier alpha value is -4.66. The molecular formula is C23H18N4O5. The minimum atomic E-state index is -0.610. The number of nitrogens with zero attached hydrogens (tertiary/aromatic N) is 2. The van der Waals surface area contributed by atoms with Gasteiger partial charge in [-0.05, 0) is 36.2 Å². The number of carbonyl (C=O) groups excluding carboxylic acids is 1. The summed E-state index contributed by atoms with van der Waals surface area (Å²) in [5, 5.41) is 35.2. The highest BCUT2D eigenvalue weighted by molar-refractivity contribution is 6.11. The van der Waals surface area contributed by atoms with Gasteiger partial charge in [-0.2, -0.15) is 5.10 Å². The summed E-state index contributed by atoms with van der Waals surface area (Å²) in [6.45, 7) is 1.75. The SMILES string of the molecule is Cc1cc([N+](=O)[O-])c2[nH]c(C(=O)N/N=C\c3ccc(O)cc3O)c(-c3ccccc3)c2c1. The molecule has 4 rings (SSSR count). The predicted octanol–water partition coefficient (Wildman–Crippen LogP) is 4.23. The lowest BCUT2D eigenvalue weighted by Gasteiger charge is -2.05. The topological polar surface area (TPSA) is 141 Å². The lowest BCUT2D eigenvalue weighted by molar-refractivity contribution is -0.383. The normalized spacial score (nSPS) is 11.2. The van der Waals surface area contributed by atoms with Crippen molar-refractivity contribution in [3.05, 3.63) is 87.6 Å². The second kappa shape index (κ2) is 8.23. The van der Waals surface area contributed by atoms with Gasteiger partial charge in [-0.25, -0.2) is 5.43 Å². The number of nitro groups is 1. The molecule has 9 nitrogen and oxygen atoms in total. The van der Waals surface area contributed by atoms with E-state index in [4.69, 9.17) is 0 Å². The summed E-state index contributed by atoms with van der Waals surface area (Å²) < 4.78 is 0. The van der Waals surface area contributed by atoms with Crippen molar-refractivity contribution >= 4 is 28.7 Å². The molecule has 0 saturated heterocycles. The Morgan fingerprint density at radius 1 is 1.12 bits per heavy atom. The number of H-pyrrole nitrogens is 1. The molecule has 0 atom stereocenters. The van der Waals surface area contributed by atoms with Gasteiger partial charge in [-0.1, -0.05) is 30.3 Å². The van der Waals surface area contributed by atoms with Crippen molar-refractivity contribution < 1.29 is 19.9 Å². The first-order valence-corrected chi connectivity index (χ1v) is 9.56. The molecule has 160 valence electrons. The van der Waals surface area contributed by atoms with Crippen LogP contribution in [0.15, 0.2) is 65.8 Å². The van der Waals surface area contributed by atoms with E-state index in [0.29, 0.717) is 22.1 Å². The van der Waals surface area contributed by atoms with Crippen LogP contribution in [0.3, 0.4) is 0 Å². The highest BCUT2D eigenvalue weighted by Gasteiger charge is 2.24. The number of nitro benzene ring substituents is 1. The molecule has 1 heterocycles. The maximum absolute atomic E-state index is 13.0. The zero-order valence-corrected chi connectivity index (χ0v) is 16.9. The van der Waals surface area contributed by atoms with Crippen molar-refractivity contribution in [3.63, 3.8) is 0 Å². The fourth-order valence-corrected chi connectivity index (χ4v) is 3.49. The van der Waals surface area contributed by atoms with E-state index in [1.807, 2.05) is 30.3 Å². The van der Waals surface area contributed by atoms with E-state index >= 15 is 0 Å². The van der Waals surface area contributed by atoms with Crippen LogP contribution in [0.25, 0.3) is 22.0 Å². The molecule has 0 saturated carbocycles. The zero-order valence-electron chi connectivity index (χ0n) is 16.9. The van der Waals surface area contributed by atoms with Gasteiger partial charge in [0.1, 0.15) is 22.7 Å². The molecule has 0 bridgehead atoms. The molecule has 32 heavy (non-hydrogen) atoms. The number of fused-ring (bicyclic) bond motifs is 1. The molecule has 1 amide bonds. The molecule has 3 aromatic carbocycles. The third-order valence-corrected chi connectivity index (χ3v) is 4.90. The van der Waals surface area contributed by atoms with E-state index in [1.165, 1.54) is 24.4 Å². The first kappa shape index (κ1) is 20.6. The van der Waals surface area contributed by atoms with Crippen LogP contribution in [0.2, 0.25) is 0 Å². The molecule has 0 radical (unpaired) electrons. The summed E-state index contributed by atoms with van der Waals surface area (Å²) in [5.41, 5.74) is 4.81. The number of benzene rings is 3. The van der Waals surface area contributed by atoms with Crippen LogP contribution in [0.1, 0.15) is 21.6 Å². The van der Waals surface area contributed by atoms with E-state index < -0.39 is 10.8 Å². The van der Waals surface area contributed by atoms with Crippen LogP contribution in [-0.4, -0.2) is 32.2 Å². The lowest BCUT2D eigenvalue weighted by Crippen LogP contribution is -2.18. The highest BCUT2D eigenvalue weighted by atomic mass is 16.6. The zero-order chi connectivity index (χ0) is 22.8. The van der Waals surface area contributed by atoms with Crippen molar-refractivity contribution in [2.24, 2.45) is 5.10 Å². The average Bonchev–Trinajstić information content (AvgIpc) is 3.14. The predicted molar refractivity (Wildman–Crippen MR) is 120 cm³/mol. The molecule has 0 spiro atoms. The van der Waals surface area contributed by atoms with E-state index in [9.17, 15) is 25.1 Å². The first-order chi connectivity index (χ1) is 15.3. The Kier molecular flexibility index (Phi) is 5.30. The maximum Gasteiger partial charge on any atom is 0.293 e. The van der Waals surface area contributed by atoms with Crippen LogP contribution >= 0.6 is 0 Å². The Balaban J connectivity index is 1.79. The van der Waals surface area contributed by atoms with Gasteiger partial charge < -0.3 is 15.2 Å². The van der Waals surface area contributed by atoms with Crippen LogP contribution in [0.5, 0.6) is 11.5 Å². The number of hydrogen-bond donors (Lipinski definition) is 4. The molecule has 0 aliphatic carbocycles. The van der Waals surface area contributed by atoms with Crippen molar-refractivity contribution in [2.45, 2.75) is 6.92 Å². The molecule has 0 unspecified atom stereocenters. The molecule has 4 aromatic rings. The molecular weight excluding hydrogens is 412 g/mol. The molecule has 0 aliphatic heterocycles. The smallest absolute Gasteiger partial charge is 0.293 e. The summed E-state index contributed by atoms with van der Waals surface area (Å²) in [7, 11) is 0. The van der Waals surface area contributed by atoms with Crippen LogP contribution in [-0.2, 0) is 0 Å².